The van der Waals surface area contributed by atoms with E-state index in [1.165, 1.54) is 0 Å². The lowest BCUT2D eigenvalue weighted by Gasteiger charge is -2.06. The predicted octanol–water partition coefficient (Wildman–Crippen LogP) is 2.18. The van der Waals surface area contributed by atoms with Gasteiger partial charge < -0.3 is 9.67 Å². The highest BCUT2D eigenvalue weighted by molar-refractivity contribution is 9.10. The summed E-state index contributed by atoms with van der Waals surface area (Å²) in [4.78, 5) is 18.8. The van der Waals surface area contributed by atoms with E-state index in [1.54, 1.807) is 29.4 Å². The maximum Gasteiger partial charge on any atom is 0.305 e. The molecule has 0 aliphatic rings. The first-order valence-corrected chi connectivity index (χ1v) is 5.80. The summed E-state index contributed by atoms with van der Waals surface area (Å²) in [5.74, 6) is -0.0999. The van der Waals surface area contributed by atoms with Crippen molar-refractivity contribution in [3.05, 3.63) is 35.3 Å². The van der Waals surface area contributed by atoms with Gasteiger partial charge in [-0.15, -0.1) is 0 Å². The van der Waals surface area contributed by atoms with Crippen LogP contribution < -0.4 is 0 Å². The van der Waals surface area contributed by atoms with Crippen LogP contribution in [0.25, 0.3) is 11.4 Å². The number of hydrogen-bond donors (Lipinski definition) is 1. The number of halogens is 1. The average molecular weight is 296 g/mol. The minimum atomic E-state index is -0.822. The van der Waals surface area contributed by atoms with Gasteiger partial charge in [-0.2, -0.15) is 0 Å². The SMILES string of the molecule is O=C(O)CCn1ccnc1-c1cncc(Br)c1. The van der Waals surface area contributed by atoms with E-state index in [4.69, 9.17) is 5.11 Å². The first-order valence-electron chi connectivity index (χ1n) is 5.00. The second-order valence-electron chi connectivity index (χ2n) is 3.48. The lowest BCUT2D eigenvalue weighted by molar-refractivity contribution is -0.137. The standard InChI is InChI=1S/C11H10BrN3O2/c12-9-5-8(6-13-7-9)11-14-2-4-15(11)3-1-10(16)17/h2,4-7H,1,3H2,(H,16,17). The van der Waals surface area contributed by atoms with Crippen LogP contribution >= 0.6 is 15.9 Å². The summed E-state index contributed by atoms with van der Waals surface area (Å²) in [6.07, 6.45) is 6.88. The van der Waals surface area contributed by atoms with Gasteiger partial charge in [0.25, 0.3) is 0 Å². The summed E-state index contributed by atoms with van der Waals surface area (Å²) in [5.41, 5.74) is 0.856. The van der Waals surface area contributed by atoms with Gasteiger partial charge in [0.2, 0.25) is 0 Å². The first kappa shape index (κ1) is 11.8. The van der Waals surface area contributed by atoms with E-state index in [9.17, 15) is 4.79 Å². The molecule has 17 heavy (non-hydrogen) atoms. The molecule has 0 spiro atoms. The molecule has 0 atom stereocenters. The van der Waals surface area contributed by atoms with Gasteiger partial charge in [-0.1, -0.05) is 0 Å². The zero-order chi connectivity index (χ0) is 12.3. The fourth-order valence-electron chi connectivity index (χ4n) is 1.50. The maximum absolute atomic E-state index is 10.5. The van der Waals surface area contributed by atoms with Gasteiger partial charge in [0, 0.05) is 41.4 Å². The largest absolute Gasteiger partial charge is 0.481 e. The van der Waals surface area contributed by atoms with Crippen LogP contribution in [0.2, 0.25) is 0 Å². The molecule has 2 aromatic rings. The van der Waals surface area contributed by atoms with E-state index >= 15 is 0 Å². The number of pyridine rings is 1. The van der Waals surface area contributed by atoms with Gasteiger partial charge in [-0.3, -0.25) is 9.78 Å². The molecule has 6 heteroatoms. The van der Waals surface area contributed by atoms with Crippen molar-refractivity contribution in [2.24, 2.45) is 0 Å². The Bertz CT molecular complexity index is 539. The number of aromatic nitrogens is 3. The molecule has 88 valence electrons. The highest BCUT2D eigenvalue weighted by atomic mass is 79.9. The van der Waals surface area contributed by atoms with Gasteiger partial charge >= 0.3 is 5.97 Å². The number of carbonyl (C=O) groups is 1. The molecule has 0 aliphatic heterocycles. The fourth-order valence-corrected chi connectivity index (χ4v) is 1.87. The Kier molecular flexibility index (Phi) is 3.53. The first-order chi connectivity index (χ1) is 8.16. The topological polar surface area (TPSA) is 68.0 Å². The summed E-state index contributed by atoms with van der Waals surface area (Å²) in [6.45, 7) is 0.400. The number of aryl methyl sites for hydroxylation is 1. The van der Waals surface area contributed by atoms with Gasteiger partial charge in [0.1, 0.15) is 5.82 Å². The molecule has 2 aromatic heterocycles. The minimum Gasteiger partial charge on any atom is -0.481 e. The van der Waals surface area contributed by atoms with Crippen LogP contribution in [0.1, 0.15) is 6.42 Å². The Morgan fingerprint density at radius 3 is 3.00 bits per heavy atom. The third kappa shape index (κ3) is 2.91. The molecule has 0 fully saturated rings. The van der Waals surface area contributed by atoms with E-state index in [1.807, 2.05) is 6.07 Å². The quantitative estimate of drug-likeness (QED) is 0.939. The molecule has 0 amide bonds. The Hall–Kier alpha value is -1.69. The van der Waals surface area contributed by atoms with Crippen LogP contribution in [-0.4, -0.2) is 25.6 Å². The highest BCUT2D eigenvalue weighted by Gasteiger charge is 2.07. The summed E-state index contributed by atoms with van der Waals surface area (Å²) in [7, 11) is 0. The molecule has 0 unspecified atom stereocenters. The molecule has 0 aromatic carbocycles. The monoisotopic (exact) mass is 295 g/mol. The van der Waals surface area contributed by atoms with E-state index < -0.39 is 5.97 Å². The van der Waals surface area contributed by atoms with Crippen molar-refractivity contribution in [2.45, 2.75) is 13.0 Å². The van der Waals surface area contributed by atoms with E-state index in [0.29, 0.717) is 6.54 Å². The Morgan fingerprint density at radius 1 is 1.47 bits per heavy atom. The van der Waals surface area contributed by atoms with Gasteiger partial charge in [0.05, 0.1) is 6.42 Å². The van der Waals surface area contributed by atoms with Crippen molar-refractivity contribution < 1.29 is 9.90 Å². The third-order valence-corrected chi connectivity index (χ3v) is 2.68. The molecule has 0 aliphatic carbocycles. The van der Waals surface area contributed by atoms with E-state index in [-0.39, 0.29) is 6.42 Å². The summed E-state index contributed by atoms with van der Waals surface area (Å²) < 4.78 is 2.67. The fraction of sp³-hybridized carbons (Fsp3) is 0.182. The van der Waals surface area contributed by atoms with Gasteiger partial charge in [0.15, 0.2) is 0 Å². The third-order valence-electron chi connectivity index (χ3n) is 2.25. The van der Waals surface area contributed by atoms with Crippen LogP contribution in [0.15, 0.2) is 35.3 Å². The smallest absolute Gasteiger partial charge is 0.305 e. The Morgan fingerprint density at radius 2 is 2.29 bits per heavy atom. The molecule has 2 heterocycles. The van der Waals surface area contributed by atoms with Crippen LogP contribution in [0.5, 0.6) is 0 Å². The lowest BCUT2D eigenvalue weighted by atomic mass is 10.2. The summed E-state index contributed by atoms with van der Waals surface area (Å²) >= 11 is 3.34. The highest BCUT2D eigenvalue weighted by Crippen LogP contribution is 2.20. The Labute approximate surface area is 106 Å². The molecule has 1 N–H and O–H groups in total. The molecular formula is C11H10BrN3O2. The van der Waals surface area contributed by atoms with Crippen molar-refractivity contribution in [1.82, 2.24) is 14.5 Å². The van der Waals surface area contributed by atoms with Crippen molar-refractivity contribution >= 4 is 21.9 Å². The van der Waals surface area contributed by atoms with Crippen LogP contribution in [0.3, 0.4) is 0 Å². The van der Waals surface area contributed by atoms with Crippen molar-refractivity contribution in [2.75, 3.05) is 0 Å². The maximum atomic E-state index is 10.5. The van der Waals surface area contributed by atoms with E-state index in [0.717, 1.165) is 15.9 Å². The number of hydrogen-bond acceptors (Lipinski definition) is 3. The summed E-state index contributed by atoms with van der Waals surface area (Å²) in [5, 5.41) is 8.66. The minimum absolute atomic E-state index is 0.0742. The molecule has 0 radical (unpaired) electrons. The predicted molar refractivity (Wildman–Crippen MR) is 65.4 cm³/mol. The molecule has 0 saturated carbocycles. The van der Waals surface area contributed by atoms with Crippen molar-refractivity contribution in [3.8, 4) is 11.4 Å². The number of aliphatic carboxylic acids is 1. The van der Waals surface area contributed by atoms with Crippen LogP contribution in [0, 0.1) is 0 Å². The number of nitrogens with zero attached hydrogens (tertiary/aromatic N) is 3. The second-order valence-corrected chi connectivity index (χ2v) is 4.40. The zero-order valence-corrected chi connectivity index (χ0v) is 10.5. The summed E-state index contributed by atoms with van der Waals surface area (Å²) in [6, 6.07) is 1.90. The van der Waals surface area contributed by atoms with E-state index in [2.05, 4.69) is 25.9 Å². The van der Waals surface area contributed by atoms with Gasteiger partial charge in [-0.05, 0) is 22.0 Å². The number of carboxylic acids is 1. The lowest BCUT2D eigenvalue weighted by Crippen LogP contribution is -2.05. The van der Waals surface area contributed by atoms with Gasteiger partial charge in [-0.25, -0.2) is 4.98 Å². The van der Waals surface area contributed by atoms with Crippen molar-refractivity contribution in [1.29, 1.82) is 0 Å². The average Bonchev–Trinajstić information content (AvgIpc) is 2.74. The molecular weight excluding hydrogens is 286 g/mol. The second kappa shape index (κ2) is 5.09. The van der Waals surface area contributed by atoms with Crippen LogP contribution in [-0.2, 0) is 11.3 Å². The molecule has 5 nitrogen and oxygen atoms in total. The van der Waals surface area contributed by atoms with Crippen molar-refractivity contribution in [3.63, 3.8) is 0 Å². The molecule has 0 bridgehead atoms. The normalized spacial score (nSPS) is 10.4. The molecule has 0 saturated heterocycles. The molecule has 2 rings (SSSR count). The number of carboxylic acid groups (broad SMARTS) is 1. The number of imidazole rings is 1. The van der Waals surface area contributed by atoms with Crippen LogP contribution in [0.4, 0.5) is 0 Å². The Balaban J connectivity index is 2.27. The zero-order valence-electron chi connectivity index (χ0n) is 8.88. The number of rotatable bonds is 4.